The molecule has 10 heteroatoms. The van der Waals surface area contributed by atoms with Crippen LogP contribution in [-0.2, 0) is 11.8 Å². The lowest BCUT2D eigenvalue weighted by atomic mass is 9.85. The number of carbonyl (C=O) groups excluding carboxylic acids is 2. The van der Waals surface area contributed by atoms with Crippen LogP contribution < -0.4 is 15.4 Å². The van der Waals surface area contributed by atoms with Crippen molar-refractivity contribution in [1.29, 1.82) is 0 Å². The molecule has 0 aliphatic heterocycles. The molecule has 0 unspecified atom stereocenters. The predicted molar refractivity (Wildman–Crippen MR) is 161 cm³/mol. The number of amides is 2. The van der Waals surface area contributed by atoms with Crippen molar-refractivity contribution in [3.8, 4) is 5.75 Å². The summed E-state index contributed by atoms with van der Waals surface area (Å²) < 4.78 is 8.52. The number of carbonyl (C=O) groups is 2. The molecule has 1 aromatic carbocycles. The van der Waals surface area contributed by atoms with Crippen molar-refractivity contribution in [2.24, 2.45) is 5.41 Å². The molecule has 1 aliphatic rings. The first-order valence-corrected chi connectivity index (χ1v) is 14.3. The number of ether oxygens (including phenoxy) is 1. The topological polar surface area (TPSA) is 123 Å². The van der Waals surface area contributed by atoms with Crippen LogP contribution in [0.1, 0.15) is 107 Å². The van der Waals surface area contributed by atoms with Crippen molar-refractivity contribution in [3.63, 3.8) is 0 Å². The van der Waals surface area contributed by atoms with Crippen LogP contribution in [0.15, 0.2) is 48.7 Å². The predicted octanol–water partition coefficient (Wildman–Crippen LogP) is 6.38. The molecule has 2 atom stereocenters. The van der Waals surface area contributed by atoms with Gasteiger partial charge in [0.1, 0.15) is 23.5 Å². The molecule has 0 radical (unpaired) electrons. The summed E-state index contributed by atoms with van der Waals surface area (Å²) in [7, 11) is 0. The van der Waals surface area contributed by atoms with Gasteiger partial charge in [-0.05, 0) is 41.5 Å². The minimum atomic E-state index is -0.397. The Balaban J connectivity index is 1.32. The number of rotatable bonds is 6. The molecule has 220 valence electrons. The summed E-state index contributed by atoms with van der Waals surface area (Å²) in [6.07, 6.45) is 3.99. The first kappa shape index (κ1) is 29.2. The third-order valence-electron chi connectivity index (χ3n) is 7.20. The molecule has 3 heterocycles. The summed E-state index contributed by atoms with van der Waals surface area (Å²) in [6.45, 7) is 13.9. The van der Waals surface area contributed by atoms with E-state index in [0.717, 1.165) is 34.8 Å². The van der Waals surface area contributed by atoms with Gasteiger partial charge in [0.05, 0.1) is 17.9 Å². The molecule has 2 amide bonds. The largest absolute Gasteiger partial charge is 0.484 e. The number of fused-ring (bicyclic) bond motifs is 2. The van der Waals surface area contributed by atoms with Crippen LogP contribution in [-0.4, -0.2) is 36.4 Å². The van der Waals surface area contributed by atoms with Crippen LogP contribution in [0.4, 0.5) is 10.6 Å². The van der Waals surface area contributed by atoms with Crippen molar-refractivity contribution >= 4 is 23.3 Å². The third kappa shape index (κ3) is 6.58. The number of nitrogens with zero attached hydrogens (tertiary/aromatic N) is 5. The zero-order chi connectivity index (χ0) is 30.2. The van der Waals surface area contributed by atoms with Gasteiger partial charge in [0.2, 0.25) is 0 Å². The van der Waals surface area contributed by atoms with Gasteiger partial charge < -0.3 is 10.1 Å². The van der Waals surface area contributed by atoms with Gasteiger partial charge in [0.25, 0.3) is 0 Å². The van der Waals surface area contributed by atoms with Gasteiger partial charge in [-0.1, -0.05) is 65.8 Å². The Morgan fingerprint density at radius 2 is 1.71 bits per heavy atom. The highest BCUT2D eigenvalue weighted by Crippen LogP contribution is 2.39. The number of pyridine rings is 1. The lowest BCUT2D eigenvalue weighted by molar-refractivity contribution is 0.100. The summed E-state index contributed by atoms with van der Waals surface area (Å²) in [4.78, 5) is 33.8. The van der Waals surface area contributed by atoms with E-state index in [2.05, 4.69) is 51.6 Å². The molecule has 1 aliphatic carbocycles. The zero-order valence-corrected chi connectivity index (χ0v) is 25.4. The van der Waals surface area contributed by atoms with E-state index in [4.69, 9.17) is 4.74 Å². The quantitative estimate of drug-likeness (QED) is 0.258. The molecular formula is C32H39N7O3. The first-order chi connectivity index (χ1) is 19.8. The van der Waals surface area contributed by atoms with E-state index < -0.39 is 6.03 Å². The first-order valence-electron chi connectivity index (χ1n) is 14.3. The number of Topliss-reactive ketones (excluding diaryl/α,β-unsaturated/α-hetero) is 1. The highest BCUT2D eigenvalue weighted by molar-refractivity contribution is 5.92. The van der Waals surface area contributed by atoms with Gasteiger partial charge in [-0.25, -0.2) is 14.8 Å². The number of aromatic nitrogens is 5. The van der Waals surface area contributed by atoms with Crippen molar-refractivity contribution in [2.45, 2.75) is 85.3 Å². The number of benzene rings is 1. The van der Waals surface area contributed by atoms with Crippen LogP contribution in [0, 0.1) is 5.41 Å². The number of nitrogens with one attached hydrogen (secondary N) is 2. The van der Waals surface area contributed by atoms with E-state index in [0.29, 0.717) is 18.5 Å². The Bertz CT molecular complexity index is 1630. The second-order valence-electron chi connectivity index (χ2n) is 13.2. The van der Waals surface area contributed by atoms with Gasteiger partial charge in [-0.3, -0.25) is 14.5 Å². The third-order valence-corrected chi connectivity index (χ3v) is 7.20. The Kier molecular flexibility index (Phi) is 7.74. The summed E-state index contributed by atoms with van der Waals surface area (Å²) in [5.74, 6) is 1.75. The van der Waals surface area contributed by atoms with Crippen molar-refractivity contribution in [1.82, 2.24) is 29.9 Å². The molecule has 0 spiro atoms. The smallest absolute Gasteiger partial charge is 0.320 e. The average Bonchev–Trinajstić information content (AvgIpc) is 3.29. The van der Waals surface area contributed by atoms with E-state index in [1.54, 1.807) is 6.07 Å². The summed E-state index contributed by atoms with van der Waals surface area (Å²) in [5.41, 5.74) is 3.26. The normalized spacial score (nSPS) is 17.0. The number of hydrogen-bond acceptors (Lipinski definition) is 7. The Hall–Kier alpha value is -4.34. The van der Waals surface area contributed by atoms with Gasteiger partial charge in [-0.15, -0.1) is 10.2 Å². The fourth-order valence-corrected chi connectivity index (χ4v) is 5.13. The minimum Gasteiger partial charge on any atom is -0.484 e. The van der Waals surface area contributed by atoms with Gasteiger partial charge in [-0.2, -0.15) is 0 Å². The maximum absolute atomic E-state index is 13.1. The van der Waals surface area contributed by atoms with Crippen LogP contribution in [0.5, 0.6) is 5.75 Å². The molecule has 0 fully saturated rings. The highest BCUT2D eigenvalue weighted by Gasteiger charge is 2.30. The van der Waals surface area contributed by atoms with Crippen LogP contribution in [0.25, 0.3) is 5.65 Å². The lowest BCUT2D eigenvalue weighted by Gasteiger charge is -2.32. The maximum Gasteiger partial charge on any atom is 0.320 e. The van der Waals surface area contributed by atoms with E-state index >= 15 is 0 Å². The van der Waals surface area contributed by atoms with Crippen molar-refractivity contribution in [2.75, 3.05) is 5.32 Å². The second-order valence-corrected chi connectivity index (χ2v) is 13.2. The van der Waals surface area contributed by atoms with E-state index in [9.17, 15) is 9.59 Å². The van der Waals surface area contributed by atoms with Crippen molar-refractivity contribution < 1.29 is 14.3 Å². The zero-order valence-electron chi connectivity index (χ0n) is 25.4. The molecule has 0 bridgehead atoms. The summed E-state index contributed by atoms with van der Waals surface area (Å²) >= 11 is 0. The standard InChI is InChI=1S/C32H39N7O3/c1-19(40)29-34-25(32(5,6)7)16-26(35-29)36-30(41)33-23-13-14-24(22-11-9-8-10-21(22)23)42-20-12-15-27-37-38-28(39(27)18-20)17-31(2,3)4/h8-12,15-16,18,23-24H,13-14,17H2,1-7H3,(H2,33,34,35,36,41)/t23-,24+/m0/s1. The molecule has 4 aromatic rings. The number of ketones is 1. The highest BCUT2D eigenvalue weighted by atomic mass is 16.5. The SMILES string of the molecule is CC(=O)c1nc(NC(=O)N[C@H]2CC[C@@H](Oc3ccc4nnc(CC(C)(C)C)n4c3)c3ccccc32)cc(C(C)(C)C)n1. The average molecular weight is 570 g/mol. The monoisotopic (exact) mass is 569 g/mol. The molecule has 3 aromatic heterocycles. The molecule has 42 heavy (non-hydrogen) atoms. The second kappa shape index (κ2) is 11.2. The molecule has 10 nitrogen and oxygen atoms in total. The summed E-state index contributed by atoms with van der Waals surface area (Å²) in [5, 5.41) is 14.6. The number of anilines is 1. The van der Waals surface area contributed by atoms with Crippen LogP contribution in [0.3, 0.4) is 0 Å². The molecule has 2 N–H and O–H groups in total. The van der Waals surface area contributed by atoms with E-state index in [-0.39, 0.29) is 40.4 Å². The van der Waals surface area contributed by atoms with E-state index in [1.165, 1.54) is 6.92 Å². The van der Waals surface area contributed by atoms with Gasteiger partial charge in [0, 0.05) is 24.8 Å². The Morgan fingerprint density at radius 1 is 0.976 bits per heavy atom. The maximum atomic E-state index is 13.1. The van der Waals surface area contributed by atoms with Crippen LogP contribution in [0.2, 0.25) is 0 Å². The number of urea groups is 1. The molecule has 0 saturated carbocycles. The Morgan fingerprint density at radius 3 is 2.40 bits per heavy atom. The Labute approximate surface area is 246 Å². The van der Waals surface area contributed by atoms with Gasteiger partial charge in [0.15, 0.2) is 17.3 Å². The summed E-state index contributed by atoms with van der Waals surface area (Å²) in [6, 6.07) is 13.0. The lowest BCUT2D eigenvalue weighted by Crippen LogP contribution is -2.36. The molecule has 0 saturated heterocycles. The van der Waals surface area contributed by atoms with Gasteiger partial charge >= 0.3 is 6.03 Å². The molecular weight excluding hydrogens is 530 g/mol. The van der Waals surface area contributed by atoms with E-state index in [1.807, 2.05) is 67.8 Å². The fourth-order valence-electron chi connectivity index (χ4n) is 5.13. The molecule has 5 rings (SSSR count). The number of hydrogen-bond donors (Lipinski definition) is 2. The van der Waals surface area contributed by atoms with Crippen molar-refractivity contribution in [3.05, 3.63) is 77.1 Å². The van der Waals surface area contributed by atoms with Crippen LogP contribution >= 0.6 is 0 Å². The fraction of sp³-hybridized carbons (Fsp3) is 0.438. The minimum absolute atomic E-state index is 0.0779.